The van der Waals surface area contributed by atoms with Gasteiger partial charge in [0.15, 0.2) is 0 Å². The van der Waals surface area contributed by atoms with Crippen molar-refractivity contribution in [1.82, 2.24) is 5.32 Å². The number of nitrogens with one attached hydrogen (secondary N) is 1. The molecular weight excluding hydrogens is 178 g/mol. The zero-order valence-electron chi connectivity index (χ0n) is 8.34. The van der Waals surface area contributed by atoms with Gasteiger partial charge in [-0.05, 0) is 37.4 Å². The van der Waals surface area contributed by atoms with Crippen LogP contribution < -0.4 is 5.32 Å². The van der Waals surface area contributed by atoms with Crippen molar-refractivity contribution in [2.45, 2.75) is 18.2 Å². The zero-order valence-corrected chi connectivity index (χ0v) is 9.16. The van der Waals surface area contributed by atoms with Gasteiger partial charge < -0.3 is 5.32 Å². The molecule has 0 heterocycles. The molecule has 0 aromatic heterocycles. The molecule has 1 rings (SSSR count). The Hall–Kier alpha value is -0.470. The lowest BCUT2D eigenvalue weighted by molar-refractivity contribution is 0.783. The van der Waals surface area contributed by atoms with E-state index >= 15 is 0 Å². The van der Waals surface area contributed by atoms with Crippen LogP contribution in [0.4, 0.5) is 0 Å². The summed E-state index contributed by atoms with van der Waals surface area (Å²) in [6.45, 7) is 3.25. The van der Waals surface area contributed by atoms with Gasteiger partial charge in [0.2, 0.25) is 0 Å². The molecule has 0 atom stereocenters. The van der Waals surface area contributed by atoms with E-state index in [4.69, 9.17) is 0 Å². The summed E-state index contributed by atoms with van der Waals surface area (Å²) in [6.07, 6.45) is 1.12. The Labute approximate surface area is 84.9 Å². The normalized spacial score (nSPS) is 10.3. The molecule has 0 radical (unpaired) electrons. The highest BCUT2D eigenvalue weighted by molar-refractivity contribution is 7.99. The van der Waals surface area contributed by atoms with Gasteiger partial charge in [0.25, 0.3) is 0 Å². The molecule has 0 amide bonds. The minimum Gasteiger partial charge on any atom is -0.319 e. The van der Waals surface area contributed by atoms with Crippen molar-refractivity contribution in [3.63, 3.8) is 0 Å². The molecule has 1 aromatic carbocycles. The number of likely N-dealkylation sites (N-methyl/N-ethyl adjacent to an activating group) is 1. The Bertz CT molecular complexity index is 248. The van der Waals surface area contributed by atoms with Crippen LogP contribution in [0.1, 0.15) is 12.5 Å². The van der Waals surface area contributed by atoms with Crippen LogP contribution in [0.3, 0.4) is 0 Å². The van der Waals surface area contributed by atoms with Crippen molar-refractivity contribution >= 4 is 11.8 Å². The average Bonchev–Trinajstić information content (AvgIpc) is 2.17. The fourth-order valence-electron chi connectivity index (χ4n) is 1.27. The average molecular weight is 195 g/mol. The summed E-state index contributed by atoms with van der Waals surface area (Å²) in [7, 11) is 2.00. The number of hydrogen-bond acceptors (Lipinski definition) is 2. The molecule has 1 N–H and O–H groups in total. The maximum atomic E-state index is 3.18. The van der Waals surface area contributed by atoms with Crippen molar-refractivity contribution in [2.24, 2.45) is 0 Å². The summed E-state index contributed by atoms with van der Waals surface area (Å²) >= 11 is 1.92. The first-order chi connectivity index (χ1) is 6.38. The molecule has 0 aliphatic carbocycles. The summed E-state index contributed by atoms with van der Waals surface area (Å²) < 4.78 is 0. The SMILES string of the molecule is CCSc1ccccc1CCNC. The third kappa shape index (κ3) is 3.41. The lowest BCUT2D eigenvalue weighted by Gasteiger charge is -2.07. The van der Waals surface area contributed by atoms with Crippen LogP contribution in [0.5, 0.6) is 0 Å². The Morgan fingerprint density at radius 3 is 2.77 bits per heavy atom. The van der Waals surface area contributed by atoms with E-state index in [-0.39, 0.29) is 0 Å². The number of hydrogen-bond donors (Lipinski definition) is 1. The molecule has 72 valence electrons. The highest BCUT2D eigenvalue weighted by Crippen LogP contribution is 2.22. The van der Waals surface area contributed by atoms with Gasteiger partial charge in [-0.1, -0.05) is 25.1 Å². The monoisotopic (exact) mass is 195 g/mol. The maximum absolute atomic E-state index is 3.18. The Kier molecular flexibility index (Phi) is 4.94. The molecule has 0 aliphatic rings. The van der Waals surface area contributed by atoms with E-state index in [9.17, 15) is 0 Å². The summed E-state index contributed by atoms with van der Waals surface area (Å²) in [5.74, 6) is 1.15. The molecule has 0 saturated carbocycles. The summed E-state index contributed by atoms with van der Waals surface area (Å²) in [5.41, 5.74) is 1.46. The Morgan fingerprint density at radius 2 is 2.08 bits per heavy atom. The van der Waals surface area contributed by atoms with Gasteiger partial charge in [-0.3, -0.25) is 0 Å². The van der Waals surface area contributed by atoms with Crippen LogP contribution in [0.2, 0.25) is 0 Å². The molecule has 0 unspecified atom stereocenters. The molecule has 1 aromatic rings. The highest BCUT2D eigenvalue weighted by atomic mass is 32.2. The highest BCUT2D eigenvalue weighted by Gasteiger charge is 1.99. The van der Waals surface area contributed by atoms with Crippen LogP contribution in [-0.2, 0) is 6.42 Å². The molecule has 0 aliphatic heterocycles. The van der Waals surface area contributed by atoms with E-state index in [2.05, 4.69) is 36.5 Å². The molecule has 13 heavy (non-hydrogen) atoms. The Balaban J connectivity index is 2.66. The summed E-state index contributed by atoms with van der Waals surface area (Å²) in [6, 6.07) is 8.65. The molecular formula is C11H17NS. The van der Waals surface area contributed by atoms with Gasteiger partial charge in [0, 0.05) is 4.90 Å². The smallest absolute Gasteiger partial charge is 0.0104 e. The van der Waals surface area contributed by atoms with Crippen molar-refractivity contribution < 1.29 is 0 Å². The fourth-order valence-corrected chi connectivity index (χ4v) is 2.11. The molecule has 0 bridgehead atoms. The third-order valence-corrected chi connectivity index (χ3v) is 2.91. The number of rotatable bonds is 5. The van der Waals surface area contributed by atoms with Gasteiger partial charge in [0.05, 0.1) is 0 Å². The first-order valence-corrected chi connectivity index (χ1v) is 5.72. The lowest BCUT2D eigenvalue weighted by atomic mass is 10.1. The first-order valence-electron chi connectivity index (χ1n) is 4.73. The summed E-state index contributed by atoms with van der Waals surface area (Å²) in [5, 5.41) is 3.18. The van der Waals surface area contributed by atoms with E-state index in [1.807, 2.05) is 18.8 Å². The van der Waals surface area contributed by atoms with E-state index < -0.39 is 0 Å². The molecule has 2 heteroatoms. The van der Waals surface area contributed by atoms with Gasteiger partial charge in [-0.2, -0.15) is 0 Å². The van der Waals surface area contributed by atoms with Gasteiger partial charge in [-0.15, -0.1) is 11.8 Å². The van der Waals surface area contributed by atoms with Crippen LogP contribution in [0.15, 0.2) is 29.2 Å². The van der Waals surface area contributed by atoms with Crippen LogP contribution >= 0.6 is 11.8 Å². The topological polar surface area (TPSA) is 12.0 Å². The third-order valence-electron chi connectivity index (χ3n) is 1.92. The van der Waals surface area contributed by atoms with E-state index in [0.29, 0.717) is 0 Å². The standard InChI is InChI=1S/C11H17NS/c1-3-13-11-7-5-4-6-10(11)8-9-12-2/h4-7,12H,3,8-9H2,1-2H3. The summed E-state index contributed by atoms with van der Waals surface area (Å²) in [4.78, 5) is 1.43. The lowest BCUT2D eigenvalue weighted by Crippen LogP contribution is -2.10. The van der Waals surface area contributed by atoms with Crippen molar-refractivity contribution in [3.05, 3.63) is 29.8 Å². The van der Waals surface area contributed by atoms with Crippen molar-refractivity contribution in [1.29, 1.82) is 0 Å². The quantitative estimate of drug-likeness (QED) is 0.725. The van der Waals surface area contributed by atoms with Crippen LogP contribution in [-0.4, -0.2) is 19.3 Å². The maximum Gasteiger partial charge on any atom is 0.0104 e. The van der Waals surface area contributed by atoms with Crippen molar-refractivity contribution in [3.8, 4) is 0 Å². The second-order valence-corrected chi connectivity index (χ2v) is 4.20. The minimum atomic E-state index is 1.06. The number of benzene rings is 1. The zero-order chi connectivity index (χ0) is 9.52. The van der Waals surface area contributed by atoms with Gasteiger partial charge in [-0.25, -0.2) is 0 Å². The Morgan fingerprint density at radius 1 is 1.31 bits per heavy atom. The van der Waals surface area contributed by atoms with Gasteiger partial charge >= 0.3 is 0 Å². The molecule has 0 fully saturated rings. The van der Waals surface area contributed by atoms with Crippen LogP contribution in [0, 0.1) is 0 Å². The van der Waals surface area contributed by atoms with Crippen LogP contribution in [0.25, 0.3) is 0 Å². The molecule has 0 saturated heterocycles. The molecule has 1 nitrogen and oxygen atoms in total. The number of thioether (sulfide) groups is 1. The fraction of sp³-hybridized carbons (Fsp3) is 0.455. The second kappa shape index (κ2) is 6.06. The van der Waals surface area contributed by atoms with E-state index in [0.717, 1.165) is 18.7 Å². The van der Waals surface area contributed by atoms with Crippen molar-refractivity contribution in [2.75, 3.05) is 19.3 Å². The second-order valence-electron chi connectivity index (χ2n) is 2.89. The predicted octanol–water partition coefficient (Wildman–Crippen LogP) is 2.56. The minimum absolute atomic E-state index is 1.06. The first kappa shape index (κ1) is 10.6. The van der Waals surface area contributed by atoms with E-state index in [1.54, 1.807) is 0 Å². The van der Waals surface area contributed by atoms with E-state index in [1.165, 1.54) is 10.5 Å². The molecule has 0 spiro atoms. The van der Waals surface area contributed by atoms with Gasteiger partial charge in [0.1, 0.15) is 0 Å². The largest absolute Gasteiger partial charge is 0.319 e. The predicted molar refractivity (Wildman–Crippen MR) is 60.5 cm³/mol.